The molecule has 0 N–H and O–H groups in total. The predicted molar refractivity (Wildman–Crippen MR) is 116 cm³/mol. The highest BCUT2D eigenvalue weighted by atomic mass is 35.5. The van der Waals surface area contributed by atoms with Crippen LogP contribution < -0.4 is 0 Å². The minimum atomic E-state index is 0.614. The second kappa shape index (κ2) is 6.38. The number of rotatable bonds is 1. The van der Waals surface area contributed by atoms with Gasteiger partial charge in [0.05, 0.1) is 10.5 Å². The van der Waals surface area contributed by atoms with Crippen LogP contribution in [0.1, 0.15) is 16.7 Å². The van der Waals surface area contributed by atoms with E-state index in [0.717, 1.165) is 44.3 Å². The van der Waals surface area contributed by atoms with E-state index in [9.17, 15) is 0 Å². The Morgan fingerprint density at radius 3 is 2.44 bits per heavy atom. The quantitative estimate of drug-likeness (QED) is 0.276. The largest absolute Gasteiger partial charge is 0.256 e. The Kier molecular flexibility index (Phi) is 3.98. The van der Waals surface area contributed by atoms with Crippen LogP contribution in [0.4, 0.5) is 0 Å². The van der Waals surface area contributed by atoms with Gasteiger partial charge in [-0.25, -0.2) is 0 Å². The van der Waals surface area contributed by atoms with Gasteiger partial charge in [0.15, 0.2) is 0 Å². The Morgan fingerprint density at radius 2 is 1.56 bits per heavy atom. The number of aromatic nitrogens is 1. The van der Waals surface area contributed by atoms with Crippen LogP contribution >= 0.6 is 34.8 Å². The maximum Gasteiger partial charge on any atom is 0.0707 e. The van der Waals surface area contributed by atoms with Gasteiger partial charge in [-0.15, -0.1) is 0 Å². The normalized spacial score (nSPS) is 13.8. The standard InChI is InChI=1S/C23H12Cl3N/c24-14-5-6-17-19(10-14)18(20-11-15(25)12-21(26)23(17)20)9-13-7-8-27-22-4-2-1-3-16(13)22/h1-12H. The molecule has 0 aliphatic heterocycles. The molecule has 1 aliphatic carbocycles. The smallest absolute Gasteiger partial charge is 0.0707 e. The van der Waals surface area contributed by atoms with E-state index in [-0.39, 0.29) is 0 Å². The molecule has 27 heavy (non-hydrogen) atoms. The Hall–Kier alpha value is -2.32. The van der Waals surface area contributed by atoms with Crippen LogP contribution in [0.3, 0.4) is 0 Å². The SMILES string of the molecule is Clc1ccc2c(c1)C(=Cc1ccnc3ccccc13)c1cc(Cl)cc(Cl)c1-2. The molecule has 0 atom stereocenters. The number of hydrogen-bond donors (Lipinski definition) is 0. The van der Waals surface area contributed by atoms with Crippen molar-refractivity contribution < 1.29 is 0 Å². The lowest BCUT2D eigenvalue weighted by molar-refractivity contribution is 1.41. The molecule has 5 rings (SSSR count). The van der Waals surface area contributed by atoms with Gasteiger partial charge in [-0.2, -0.15) is 0 Å². The average molecular weight is 409 g/mol. The van der Waals surface area contributed by atoms with Gasteiger partial charge in [0.1, 0.15) is 0 Å². The van der Waals surface area contributed by atoms with Crippen LogP contribution in [0.5, 0.6) is 0 Å². The van der Waals surface area contributed by atoms with Gasteiger partial charge in [0, 0.05) is 27.2 Å². The third-order valence-electron chi connectivity index (χ3n) is 4.87. The average Bonchev–Trinajstić information content (AvgIpc) is 2.95. The van der Waals surface area contributed by atoms with Gasteiger partial charge in [-0.3, -0.25) is 4.98 Å². The molecule has 0 spiro atoms. The van der Waals surface area contributed by atoms with Crippen LogP contribution in [0.15, 0.2) is 66.9 Å². The lowest BCUT2D eigenvalue weighted by atomic mass is 9.99. The highest BCUT2D eigenvalue weighted by molar-refractivity contribution is 6.38. The summed E-state index contributed by atoms with van der Waals surface area (Å²) in [6.07, 6.45) is 3.99. The number of fused-ring (bicyclic) bond motifs is 4. The molecule has 0 unspecified atom stereocenters. The summed E-state index contributed by atoms with van der Waals surface area (Å²) in [5, 5.41) is 3.04. The van der Waals surface area contributed by atoms with Gasteiger partial charge in [0.25, 0.3) is 0 Å². The van der Waals surface area contributed by atoms with Crippen molar-refractivity contribution >= 4 is 57.4 Å². The minimum Gasteiger partial charge on any atom is -0.256 e. The summed E-state index contributed by atoms with van der Waals surface area (Å²) < 4.78 is 0. The van der Waals surface area contributed by atoms with Gasteiger partial charge < -0.3 is 0 Å². The van der Waals surface area contributed by atoms with E-state index in [1.165, 1.54) is 0 Å². The predicted octanol–water partition coefficient (Wildman–Crippen LogP) is 7.76. The van der Waals surface area contributed by atoms with Crippen molar-refractivity contribution in [3.05, 3.63) is 98.6 Å². The summed E-state index contributed by atoms with van der Waals surface area (Å²) in [6, 6.07) is 19.8. The van der Waals surface area contributed by atoms with Crippen LogP contribution in [0.2, 0.25) is 15.1 Å². The zero-order valence-corrected chi connectivity index (χ0v) is 16.3. The molecule has 0 fully saturated rings. The molecular weight excluding hydrogens is 397 g/mol. The van der Waals surface area contributed by atoms with Crippen molar-refractivity contribution in [2.75, 3.05) is 0 Å². The zero-order valence-electron chi connectivity index (χ0n) is 14.0. The Balaban J connectivity index is 1.85. The van der Waals surface area contributed by atoms with E-state index >= 15 is 0 Å². The molecule has 1 nitrogen and oxygen atoms in total. The molecule has 4 heteroatoms. The molecule has 0 radical (unpaired) electrons. The molecule has 0 amide bonds. The fraction of sp³-hybridized carbons (Fsp3) is 0. The van der Waals surface area contributed by atoms with E-state index in [2.05, 4.69) is 17.1 Å². The zero-order chi connectivity index (χ0) is 18.5. The van der Waals surface area contributed by atoms with E-state index < -0.39 is 0 Å². The lowest BCUT2D eigenvalue weighted by Crippen LogP contribution is -1.86. The Morgan fingerprint density at radius 1 is 0.741 bits per heavy atom. The van der Waals surface area contributed by atoms with Crippen molar-refractivity contribution in [2.24, 2.45) is 0 Å². The lowest BCUT2D eigenvalue weighted by Gasteiger charge is -2.07. The van der Waals surface area contributed by atoms with Crippen molar-refractivity contribution in [1.29, 1.82) is 0 Å². The summed E-state index contributed by atoms with van der Waals surface area (Å²) in [4.78, 5) is 4.45. The van der Waals surface area contributed by atoms with Gasteiger partial charge in [-0.1, -0.05) is 59.1 Å². The monoisotopic (exact) mass is 407 g/mol. The Bertz CT molecular complexity index is 1250. The number of benzene rings is 3. The molecule has 3 aromatic carbocycles. The number of halogens is 3. The first-order chi connectivity index (χ1) is 13.1. The van der Waals surface area contributed by atoms with Crippen LogP contribution in [0.25, 0.3) is 33.7 Å². The maximum atomic E-state index is 6.55. The molecule has 4 aromatic rings. The summed E-state index contributed by atoms with van der Waals surface area (Å²) in [5.41, 5.74) is 7.25. The first-order valence-electron chi connectivity index (χ1n) is 8.47. The fourth-order valence-corrected chi connectivity index (χ4v) is 4.48. The van der Waals surface area contributed by atoms with Crippen molar-refractivity contribution in [1.82, 2.24) is 4.98 Å². The number of para-hydroxylation sites is 1. The maximum absolute atomic E-state index is 6.55. The molecule has 0 saturated heterocycles. The summed E-state index contributed by atoms with van der Waals surface area (Å²) in [5.74, 6) is 0. The van der Waals surface area contributed by atoms with Gasteiger partial charge in [-0.05, 0) is 70.3 Å². The minimum absolute atomic E-state index is 0.614. The second-order valence-electron chi connectivity index (χ2n) is 6.48. The van der Waals surface area contributed by atoms with E-state index in [0.29, 0.717) is 15.1 Å². The first-order valence-corrected chi connectivity index (χ1v) is 9.60. The summed E-state index contributed by atoms with van der Waals surface area (Å²) in [7, 11) is 0. The highest BCUT2D eigenvalue weighted by Gasteiger charge is 2.26. The third kappa shape index (κ3) is 2.74. The van der Waals surface area contributed by atoms with Crippen molar-refractivity contribution in [3.63, 3.8) is 0 Å². The van der Waals surface area contributed by atoms with E-state index in [1.54, 1.807) is 6.07 Å². The molecule has 0 saturated carbocycles. The first kappa shape index (κ1) is 16.8. The number of hydrogen-bond acceptors (Lipinski definition) is 1. The van der Waals surface area contributed by atoms with E-state index in [4.69, 9.17) is 34.8 Å². The van der Waals surface area contributed by atoms with Gasteiger partial charge >= 0.3 is 0 Å². The molecule has 1 aliphatic rings. The highest BCUT2D eigenvalue weighted by Crippen LogP contribution is 2.50. The molecule has 1 aromatic heterocycles. The summed E-state index contributed by atoms with van der Waals surface area (Å²) >= 11 is 19.2. The summed E-state index contributed by atoms with van der Waals surface area (Å²) in [6.45, 7) is 0. The topological polar surface area (TPSA) is 12.9 Å². The third-order valence-corrected chi connectivity index (χ3v) is 5.62. The van der Waals surface area contributed by atoms with Crippen LogP contribution in [-0.2, 0) is 0 Å². The van der Waals surface area contributed by atoms with Crippen LogP contribution in [-0.4, -0.2) is 4.98 Å². The number of pyridine rings is 1. The fourth-order valence-electron chi connectivity index (χ4n) is 3.72. The van der Waals surface area contributed by atoms with Gasteiger partial charge in [0.2, 0.25) is 0 Å². The Labute approximate surface area is 171 Å². The molecule has 1 heterocycles. The van der Waals surface area contributed by atoms with Crippen LogP contribution in [0, 0.1) is 0 Å². The van der Waals surface area contributed by atoms with E-state index in [1.807, 2.05) is 54.7 Å². The number of nitrogens with zero attached hydrogens (tertiary/aromatic N) is 1. The molecule has 0 bridgehead atoms. The van der Waals surface area contributed by atoms with Crippen molar-refractivity contribution in [2.45, 2.75) is 0 Å². The second-order valence-corrected chi connectivity index (χ2v) is 7.76. The molecule has 130 valence electrons. The molecular formula is C23H12Cl3N. The van der Waals surface area contributed by atoms with Crippen molar-refractivity contribution in [3.8, 4) is 11.1 Å².